The van der Waals surface area contributed by atoms with Gasteiger partial charge in [0.15, 0.2) is 0 Å². The van der Waals surface area contributed by atoms with E-state index in [2.05, 4.69) is 20.8 Å². The first-order chi connectivity index (χ1) is 15.2. The summed E-state index contributed by atoms with van der Waals surface area (Å²) in [4.78, 5) is 36.0. The van der Waals surface area contributed by atoms with E-state index in [1.165, 1.54) is 10.9 Å². The highest BCUT2D eigenvalue weighted by atomic mass is 16.6. The lowest BCUT2D eigenvalue weighted by atomic mass is 10.1. The van der Waals surface area contributed by atoms with E-state index in [0.717, 1.165) is 12.0 Å². The molecule has 0 saturated carbocycles. The summed E-state index contributed by atoms with van der Waals surface area (Å²) in [6, 6.07) is 6.87. The summed E-state index contributed by atoms with van der Waals surface area (Å²) in [6.07, 6.45) is 2.22. The molecule has 0 spiro atoms. The molecule has 0 saturated heterocycles. The third-order valence-electron chi connectivity index (χ3n) is 4.98. The minimum absolute atomic E-state index is 0.00986. The van der Waals surface area contributed by atoms with Crippen LogP contribution < -0.4 is 10.6 Å². The van der Waals surface area contributed by atoms with E-state index in [1.54, 1.807) is 43.8 Å². The van der Waals surface area contributed by atoms with Crippen molar-refractivity contribution in [1.29, 1.82) is 0 Å². The van der Waals surface area contributed by atoms with Crippen LogP contribution in [0, 0.1) is 24.0 Å². The number of anilines is 1. The van der Waals surface area contributed by atoms with Crippen LogP contribution >= 0.6 is 0 Å². The SMILES string of the molecule is CCCNC(=O)c1c(NC(=O)c2cccc(Cn3nc(C)c([N+](=O)[O-])c3C)c2)cnn1C. The number of aryl methyl sites for hydroxylation is 2. The Kier molecular flexibility index (Phi) is 6.67. The van der Waals surface area contributed by atoms with E-state index >= 15 is 0 Å². The lowest BCUT2D eigenvalue weighted by Gasteiger charge is -2.10. The number of nitrogens with zero attached hydrogens (tertiary/aromatic N) is 5. The lowest BCUT2D eigenvalue weighted by Crippen LogP contribution is -2.27. The zero-order valence-corrected chi connectivity index (χ0v) is 18.4. The van der Waals surface area contributed by atoms with Crippen molar-refractivity contribution in [3.8, 4) is 0 Å². The molecule has 0 radical (unpaired) electrons. The molecule has 0 aliphatic carbocycles. The van der Waals surface area contributed by atoms with Crippen LogP contribution in [0.25, 0.3) is 0 Å². The first-order valence-corrected chi connectivity index (χ1v) is 10.1. The molecule has 168 valence electrons. The normalized spacial score (nSPS) is 10.8. The molecule has 0 bridgehead atoms. The molecule has 3 rings (SSSR count). The summed E-state index contributed by atoms with van der Waals surface area (Å²) in [5.74, 6) is -0.717. The molecular weight excluding hydrogens is 414 g/mol. The number of hydrogen-bond acceptors (Lipinski definition) is 6. The van der Waals surface area contributed by atoms with Gasteiger partial charge in [-0.3, -0.25) is 29.1 Å². The number of nitro groups is 1. The minimum atomic E-state index is -0.444. The van der Waals surface area contributed by atoms with Crippen molar-refractivity contribution in [2.24, 2.45) is 7.05 Å². The summed E-state index contributed by atoms with van der Waals surface area (Å²) in [7, 11) is 1.63. The van der Waals surface area contributed by atoms with Gasteiger partial charge in [0.25, 0.3) is 11.8 Å². The average molecular weight is 439 g/mol. The Bertz CT molecular complexity index is 1180. The van der Waals surface area contributed by atoms with E-state index in [4.69, 9.17) is 0 Å². The Morgan fingerprint density at radius 3 is 2.62 bits per heavy atom. The van der Waals surface area contributed by atoms with Gasteiger partial charge in [-0.25, -0.2) is 0 Å². The molecule has 1 aromatic carbocycles. The molecule has 2 N–H and O–H groups in total. The molecule has 2 amide bonds. The van der Waals surface area contributed by atoms with Gasteiger partial charge in [0, 0.05) is 19.2 Å². The number of rotatable bonds is 8. The molecule has 11 nitrogen and oxygen atoms in total. The van der Waals surface area contributed by atoms with E-state index in [0.29, 0.717) is 29.2 Å². The molecule has 2 heterocycles. The fourth-order valence-corrected chi connectivity index (χ4v) is 3.40. The number of amides is 2. The molecular formula is C21H25N7O4. The van der Waals surface area contributed by atoms with Crippen LogP contribution in [0.3, 0.4) is 0 Å². The average Bonchev–Trinajstić information content (AvgIpc) is 3.24. The van der Waals surface area contributed by atoms with Gasteiger partial charge in [-0.15, -0.1) is 0 Å². The molecule has 0 fully saturated rings. The zero-order valence-electron chi connectivity index (χ0n) is 18.4. The maximum Gasteiger partial charge on any atom is 0.312 e. The van der Waals surface area contributed by atoms with Crippen LogP contribution in [-0.2, 0) is 13.6 Å². The summed E-state index contributed by atoms with van der Waals surface area (Å²) < 4.78 is 2.95. The molecule has 32 heavy (non-hydrogen) atoms. The molecule has 11 heteroatoms. The molecule has 0 aliphatic heterocycles. The lowest BCUT2D eigenvalue weighted by molar-refractivity contribution is -0.386. The van der Waals surface area contributed by atoms with Gasteiger partial charge >= 0.3 is 5.69 Å². The largest absolute Gasteiger partial charge is 0.351 e. The Morgan fingerprint density at radius 1 is 1.22 bits per heavy atom. The first-order valence-electron chi connectivity index (χ1n) is 10.1. The third-order valence-corrected chi connectivity index (χ3v) is 4.98. The van der Waals surface area contributed by atoms with Crippen LogP contribution in [0.2, 0.25) is 0 Å². The van der Waals surface area contributed by atoms with Gasteiger partial charge in [0.1, 0.15) is 17.1 Å². The Morgan fingerprint density at radius 2 is 1.97 bits per heavy atom. The maximum absolute atomic E-state index is 12.8. The smallest absolute Gasteiger partial charge is 0.312 e. The van der Waals surface area contributed by atoms with E-state index in [1.807, 2.05) is 13.0 Å². The number of aromatic nitrogens is 4. The number of hydrogen-bond donors (Lipinski definition) is 2. The van der Waals surface area contributed by atoms with Crippen molar-refractivity contribution in [2.75, 3.05) is 11.9 Å². The molecule has 0 aliphatic rings. The van der Waals surface area contributed by atoms with Crippen molar-refractivity contribution < 1.29 is 14.5 Å². The molecule has 3 aromatic rings. The monoisotopic (exact) mass is 439 g/mol. The Balaban J connectivity index is 1.80. The fourth-order valence-electron chi connectivity index (χ4n) is 3.40. The van der Waals surface area contributed by atoms with Crippen molar-refractivity contribution in [3.63, 3.8) is 0 Å². The maximum atomic E-state index is 12.8. The Labute approximate surface area is 184 Å². The van der Waals surface area contributed by atoms with Crippen molar-refractivity contribution in [2.45, 2.75) is 33.7 Å². The topological polar surface area (TPSA) is 137 Å². The summed E-state index contributed by atoms with van der Waals surface area (Å²) in [6.45, 7) is 5.97. The number of nitrogens with one attached hydrogen (secondary N) is 2. The molecule has 2 aromatic heterocycles. The van der Waals surface area contributed by atoms with Gasteiger partial charge in [-0.2, -0.15) is 10.2 Å². The zero-order chi connectivity index (χ0) is 23.4. The quantitative estimate of drug-likeness (QED) is 0.409. The van der Waals surface area contributed by atoms with E-state index < -0.39 is 10.8 Å². The minimum Gasteiger partial charge on any atom is -0.351 e. The van der Waals surface area contributed by atoms with Gasteiger partial charge in [0.05, 0.1) is 23.4 Å². The number of benzene rings is 1. The standard InChI is InChI=1S/C21H25N7O4/c1-5-9-22-21(30)19-17(11-23-26(19)4)24-20(29)16-8-6-7-15(10-16)12-27-14(3)18(28(31)32)13(2)25-27/h6-8,10-11H,5,9,12H2,1-4H3,(H,22,30)(H,24,29). The van der Waals surface area contributed by atoms with Crippen molar-refractivity contribution >= 4 is 23.2 Å². The van der Waals surface area contributed by atoms with Crippen LogP contribution in [0.1, 0.15) is 51.1 Å². The highest BCUT2D eigenvalue weighted by Crippen LogP contribution is 2.23. The van der Waals surface area contributed by atoms with Gasteiger partial charge in [0.2, 0.25) is 0 Å². The van der Waals surface area contributed by atoms with Gasteiger partial charge in [-0.1, -0.05) is 19.1 Å². The van der Waals surface area contributed by atoms with E-state index in [-0.39, 0.29) is 23.8 Å². The molecule has 0 atom stereocenters. The van der Waals surface area contributed by atoms with Crippen molar-refractivity contribution in [3.05, 3.63) is 68.8 Å². The highest BCUT2D eigenvalue weighted by Gasteiger charge is 2.22. The second-order valence-corrected chi connectivity index (χ2v) is 7.38. The van der Waals surface area contributed by atoms with Crippen LogP contribution in [0.4, 0.5) is 11.4 Å². The van der Waals surface area contributed by atoms with Crippen molar-refractivity contribution in [1.82, 2.24) is 24.9 Å². The summed E-state index contributed by atoms with van der Waals surface area (Å²) >= 11 is 0. The Hall–Kier alpha value is -4.02. The van der Waals surface area contributed by atoms with Gasteiger partial charge < -0.3 is 10.6 Å². The number of carbonyl (C=O) groups excluding carboxylic acids is 2. The third kappa shape index (κ3) is 4.66. The second kappa shape index (κ2) is 9.41. The summed E-state index contributed by atoms with van der Waals surface area (Å²) in [5, 5.41) is 25.1. The molecule has 0 unspecified atom stereocenters. The van der Waals surface area contributed by atoms with Crippen LogP contribution in [0.5, 0.6) is 0 Å². The van der Waals surface area contributed by atoms with Crippen LogP contribution in [0.15, 0.2) is 30.5 Å². The van der Waals surface area contributed by atoms with Crippen LogP contribution in [-0.4, -0.2) is 42.8 Å². The van der Waals surface area contributed by atoms with Gasteiger partial charge in [-0.05, 0) is 38.0 Å². The fraction of sp³-hybridized carbons (Fsp3) is 0.333. The second-order valence-electron chi connectivity index (χ2n) is 7.38. The predicted molar refractivity (Wildman–Crippen MR) is 118 cm³/mol. The predicted octanol–water partition coefficient (Wildman–Crippen LogP) is 2.58. The summed E-state index contributed by atoms with van der Waals surface area (Å²) in [5.41, 5.74) is 2.48. The van der Waals surface area contributed by atoms with E-state index in [9.17, 15) is 19.7 Å². The first kappa shape index (κ1) is 22.7. The number of carbonyl (C=O) groups is 2. The highest BCUT2D eigenvalue weighted by molar-refractivity contribution is 6.08.